The van der Waals surface area contributed by atoms with Gasteiger partial charge in [-0.2, -0.15) is 5.10 Å². The smallest absolute Gasteiger partial charge is 0.118 e. The molecule has 3 rings (SSSR count). The van der Waals surface area contributed by atoms with Crippen molar-refractivity contribution in [3.05, 3.63) is 65.0 Å². The molecule has 2 aromatic carbocycles. The first-order chi connectivity index (χ1) is 10.8. The van der Waals surface area contributed by atoms with E-state index < -0.39 is 0 Å². The molecule has 22 heavy (non-hydrogen) atoms. The van der Waals surface area contributed by atoms with Crippen molar-refractivity contribution >= 4 is 27.6 Å². The first kappa shape index (κ1) is 14.6. The predicted octanol–water partition coefficient (Wildman–Crippen LogP) is 4.38. The molecule has 0 aliphatic heterocycles. The van der Waals surface area contributed by atoms with E-state index in [-0.39, 0.29) is 0 Å². The second kappa shape index (κ2) is 6.62. The Labute approximate surface area is 134 Å². The van der Waals surface area contributed by atoms with Gasteiger partial charge in [0.25, 0.3) is 0 Å². The van der Waals surface area contributed by atoms with E-state index in [0.29, 0.717) is 0 Å². The Morgan fingerprint density at radius 3 is 2.73 bits per heavy atom. The minimum atomic E-state index is 0.796. The highest BCUT2D eigenvalue weighted by atomic mass is 32.1. The lowest BCUT2D eigenvalue weighted by Gasteiger charge is -2.13. The van der Waals surface area contributed by atoms with Crippen LogP contribution in [0.3, 0.4) is 0 Å². The van der Waals surface area contributed by atoms with Gasteiger partial charge >= 0.3 is 0 Å². The molecule has 0 aliphatic rings. The number of thiophene rings is 1. The molecule has 0 saturated carbocycles. The number of hydrogen-bond donors (Lipinski definition) is 0. The Morgan fingerprint density at radius 1 is 1.14 bits per heavy atom. The summed E-state index contributed by atoms with van der Waals surface area (Å²) in [6.07, 6.45) is 1.87. The van der Waals surface area contributed by atoms with Gasteiger partial charge in [0.2, 0.25) is 0 Å². The average molecular weight is 310 g/mol. The fourth-order valence-corrected chi connectivity index (χ4v) is 3.23. The third-order valence-corrected chi connectivity index (χ3v) is 4.49. The first-order valence-electron chi connectivity index (χ1n) is 7.10. The highest BCUT2D eigenvalue weighted by molar-refractivity contribution is 7.17. The van der Waals surface area contributed by atoms with Crippen molar-refractivity contribution in [1.82, 2.24) is 5.01 Å². The minimum Gasteiger partial charge on any atom is -0.497 e. The molecule has 3 aromatic rings. The number of ether oxygens (including phenoxy) is 1. The molecule has 0 spiro atoms. The molecule has 0 fully saturated rings. The van der Waals surface area contributed by atoms with Crippen LogP contribution in [-0.4, -0.2) is 25.4 Å². The van der Waals surface area contributed by atoms with Crippen LogP contribution >= 0.6 is 11.3 Å². The summed E-state index contributed by atoms with van der Waals surface area (Å²) in [5, 5.41) is 9.90. The van der Waals surface area contributed by atoms with Gasteiger partial charge in [0.15, 0.2) is 0 Å². The van der Waals surface area contributed by atoms with Gasteiger partial charge in [-0.25, -0.2) is 0 Å². The zero-order valence-corrected chi connectivity index (χ0v) is 13.5. The predicted molar refractivity (Wildman–Crippen MR) is 93.9 cm³/mol. The van der Waals surface area contributed by atoms with E-state index in [1.807, 2.05) is 42.5 Å². The molecule has 4 heteroatoms. The summed E-state index contributed by atoms with van der Waals surface area (Å²) in [5.74, 6) is 0.856. The fraction of sp³-hybridized carbons (Fsp3) is 0.167. The topological polar surface area (TPSA) is 24.8 Å². The van der Waals surface area contributed by atoms with Crippen molar-refractivity contribution in [2.24, 2.45) is 5.10 Å². The molecule has 0 amide bonds. The Morgan fingerprint density at radius 2 is 1.95 bits per heavy atom. The highest BCUT2D eigenvalue weighted by Gasteiger charge is 2.03. The second-order valence-electron chi connectivity index (χ2n) is 5.09. The number of nitrogens with zero attached hydrogens (tertiary/aromatic N) is 2. The maximum Gasteiger partial charge on any atom is 0.118 e. The summed E-state index contributed by atoms with van der Waals surface area (Å²) in [7, 11) is 3.66. The summed E-state index contributed by atoms with van der Waals surface area (Å²) < 4.78 is 6.49. The first-order valence-corrected chi connectivity index (χ1v) is 7.98. The van der Waals surface area contributed by atoms with Crippen LogP contribution in [0.1, 0.15) is 11.1 Å². The highest BCUT2D eigenvalue weighted by Crippen LogP contribution is 2.25. The largest absolute Gasteiger partial charge is 0.497 e. The quantitative estimate of drug-likeness (QED) is 0.516. The van der Waals surface area contributed by atoms with Gasteiger partial charge in [-0.15, -0.1) is 11.3 Å². The lowest BCUT2D eigenvalue weighted by Crippen LogP contribution is -2.10. The van der Waals surface area contributed by atoms with Crippen molar-refractivity contribution in [2.75, 3.05) is 14.2 Å². The number of fused-ring (bicyclic) bond motifs is 1. The number of hydrogen-bond acceptors (Lipinski definition) is 4. The normalized spacial score (nSPS) is 11.2. The molecule has 112 valence electrons. The molecule has 0 aliphatic carbocycles. The van der Waals surface area contributed by atoms with E-state index in [1.165, 1.54) is 15.6 Å². The average Bonchev–Trinajstić information content (AvgIpc) is 3.03. The van der Waals surface area contributed by atoms with Crippen molar-refractivity contribution in [1.29, 1.82) is 0 Å². The van der Waals surface area contributed by atoms with Gasteiger partial charge in [0, 0.05) is 11.7 Å². The molecule has 0 atom stereocenters. The van der Waals surface area contributed by atoms with E-state index >= 15 is 0 Å². The molecule has 0 N–H and O–H groups in total. The van der Waals surface area contributed by atoms with Crippen molar-refractivity contribution in [3.8, 4) is 5.75 Å². The minimum absolute atomic E-state index is 0.796. The molecule has 0 bridgehead atoms. The van der Waals surface area contributed by atoms with Crippen LogP contribution in [0.25, 0.3) is 10.1 Å². The monoisotopic (exact) mass is 310 g/mol. The molecular weight excluding hydrogens is 292 g/mol. The number of hydrazone groups is 1. The van der Waals surface area contributed by atoms with E-state index in [4.69, 9.17) is 4.74 Å². The lowest BCUT2D eigenvalue weighted by atomic mass is 10.1. The van der Waals surface area contributed by atoms with Crippen molar-refractivity contribution < 1.29 is 4.74 Å². The molecule has 1 heterocycles. The standard InChI is InChI=1S/C18H18N2OS/c1-20(19-12-14-6-8-17(21-2)9-7-14)13-16-5-3-4-15-10-11-22-18(15)16/h3-12H,13H2,1-2H3/b19-12+. The van der Waals surface area contributed by atoms with Crippen LogP contribution < -0.4 is 4.74 Å². The third kappa shape index (κ3) is 3.28. The van der Waals surface area contributed by atoms with Crippen LogP contribution in [0.15, 0.2) is 59.0 Å². The summed E-state index contributed by atoms with van der Waals surface area (Å²) >= 11 is 1.78. The summed E-state index contributed by atoms with van der Waals surface area (Å²) in [5.41, 5.74) is 2.36. The van der Waals surface area contributed by atoms with Crippen LogP contribution in [0.2, 0.25) is 0 Å². The Bertz CT molecular complexity index is 777. The third-order valence-electron chi connectivity index (χ3n) is 3.48. The van der Waals surface area contributed by atoms with E-state index in [0.717, 1.165) is 17.9 Å². The van der Waals surface area contributed by atoms with Gasteiger partial charge in [-0.3, -0.25) is 5.01 Å². The van der Waals surface area contributed by atoms with E-state index in [9.17, 15) is 0 Å². The van der Waals surface area contributed by atoms with E-state index in [2.05, 4.69) is 34.7 Å². The van der Waals surface area contributed by atoms with Crippen LogP contribution in [0, 0.1) is 0 Å². The molecule has 0 radical (unpaired) electrons. The summed E-state index contributed by atoms with van der Waals surface area (Å²) in [4.78, 5) is 0. The van der Waals surface area contributed by atoms with Crippen molar-refractivity contribution in [2.45, 2.75) is 6.54 Å². The van der Waals surface area contributed by atoms with Crippen LogP contribution in [-0.2, 0) is 6.54 Å². The van der Waals surface area contributed by atoms with Crippen LogP contribution in [0.5, 0.6) is 5.75 Å². The SMILES string of the molecule is COc1ccc(/C=N/N(C)Cc2cccc3ccsc23)cc1. The van der Waals surface area contributed by atoms with Crippen LogP contribution in [0.4, 0.5) is 0 Å². The maximum atomic E-state index is 5.15. The maximum absolute atomic E-state index is 5.15. The number of benzene rings is 2. The second-order valence-corrected chi connectivity index (χ2v) is 6.01. The van der Waals surface area contributed by atoms with E-state index in [1.54, 1.807) is 18.4 Å². The Hall–Kier alpha value is -2.33. The Kier molecular flexibility index (Phi) is 4.39. The van der Waals surface area contributed by atoms with Crippen molar-refractivity contribution in [3.63, 3.8) is 0 Å². The number of methoxy groups -OCH3 is 1. The summed E-state index contributed by atoms with van der Waals surface area (Å²) in [6.45, 7) is 0.796. The molecule has 1 aromatic heterocycles. The summed E-state index contributed by atoms with van der Waals surface area (Å²) in [6, 6.07) is 16.4. The molecule has 0 unspecified atom stereocenters. The lowest BCUT2D eigenvalue weighted by molar-refractivity contribution is 0.350. The molecule has 0 saturated heterocycles. The van der Waals surface area contributed by atoms with Gasteiger partial charge in [-0.05, 0) is 52.2 Å². The zero-order valence-electron chi connectivity index (χ0n) is 12.7. The zero-order chi connectivity index (χ0) is 15.4. The Balaban J connectivity index is 1.70. The van der Waals surface area contributed by atoms with Gasteiger partial charge in [0.05, 0.1) is 19.9 Å². The molecule has 3 nitrogen and oxygen atoms in total. The number of rotatable bonds is 5. The van der Waals surface area contributed by atoms with Gasteiger partial charge in [0.1, 0.15) is 5.75 Å². The fourth-order valence-electron chi connectivity index (χ4n) is 2.32. The van der Waals surface area contributed by atoms with Gasteiger partial charge in [-0.1, -0.05) is 18.2 Å². The van der Waals surface area contributed by atoms with Gasteiger partial charge < -0.3 is 4.74 Å². The molecular formula is C18H18N2OS.